The van der Waals surface area contributed by atoms with Gasteiger partial charge < -0.3 is 15.5 Å². The first kappa shape index (κ1) is 22.6. The second-order valence-corrected chi connectivity index (χ2v) is 8.09. The maximum Gasteiger partial charge on any atom is 0.272 e. The van der Waals surface area contributed by atoms with E-state index in [1.165, 1.54) is 10.6 Å². The van der Waals surface area contributed by atoms with Crippen LogP contribution in [0.25, 0.3) is 22.3 Å². The van der Waals surface area contributed by atoms with E-state index in [1.807, 2.05) is 0 Å². The summed E-state index contributed by atoms with van der Waals surface area (Å²) < 4.78 is 32.6. The van der Waals surface area contributed by atoms with Gasteiger partial charge in [-0.05, 0) is 54.1 Å². The number of aromatic nitrogens is 2. The zero-order valence-electron chi connectivity index (χ0n) is 17.5. The summed E-state index contributed by atoms with van der Waals surface area (Å²) in [7, 11) is 1.74. The molecule has 0 atom stereocenters. The molecule has 3 aromatic rings. The van der Waals surface area contributed by atoms with Gasteiger partial charge in [-0.25, -0.2) is 8.78 Å². The van der Waals surface area contributed by atoms with Crippen molar-refractivity contribution in [3.05, 3.63) is 92.9 Å². The van der Waals surface area contributed by atoms with Crippen molar-refractivity contribution >= 4 is 38.2 Å². The smallest absolute Gasteiger partial charge is 0.272 e. The van der Waals surface area contributed by atoms with Gasteiger partial charge in [0.2, 0.25) is 5.88 Å². The largest absolute Gasteiger partial charge is 0.472 e. The molecule has 0 fully saturated rings. The molecule has 0 saturated carbocycles. The number of halogens is 3. The van der Waals surface area contributed by atoms with Gasteiger partial charge in [-0.15, -0.1) is 0 Å². The summed E-state index contributed by atoms with van der Waals surface area (Å²) in [4.78, 5) is 18.0. The van der Waals surface area contributed by atoms with E-state index in [1.54, 1.807) is 67.9 Å². The molecule has 1 aliphatic carbocycles. The summed E-state index contributed by atoms with van der Waals surface area (Å²) in [5.74, 6) is 0.00489. The van der Waals surface area contributed by atoms with Crippen molar-refractivity contribution in [1.29, 1.82) is 5.41 Å². The molecule has 9 heteroatoms. The molecule has 0 aliphatic heterocycles. The second-order valence-electron chi connectivity index (χ2n) is 7.17. The van der Waals surface area contributed by atoms with Crippen LogP contribution in [0.3, 0.4) is 0 Å². The van der Waals surface area contributed by atoms with E-state index < -0.39 is 13.0 Å². The minimum absolute atomic E-state index is 0.00489. The number of hydrogen-bond acceptors (Lipinski definition) is 5. The van der Waals surface area contributed by atoms with Crippen molar-refractivity contribution in [2.45, 2.75) is 6.43 Å². The van der Waals surface area contributed by atoms with Gasteiger partial charge in [-0.2, -0.15) is 4.98 Å². The van der Waals surface area contributed by atoms with Gasteiger partial charge in [-0.1, -0.05) is 22.0 Å². The molecule has 1 aromatic carbocycles. The van der Waals surface area contributed by atoms with Crippen LogP contribution in [0.2, 0.25) is 0 Å². The van der Waals surface area contributed by atoms with Crippen molar-refractivity contribution in [3.8, 4) is 11.6 Å². The molecule has 0 amide bonds. The van der Waals surface area contributed by atoms with Crippen LogP contribution in [0, 0.1) is 5.41 Å². The third-order valence-electron chi connectivity index (χ3n) is 4.93. The second kappa shape index (κ2) is 9.50. The van der Waals surface area contributed by atoms with E-state index in [0.29, 0.717) is 33.5 Å². The molecular weight excluding hydrogens is 494 g/mol. The Morgan fingerprint density at radius 3 is 2.67 bits per heavy atom. The van der Waals surface area contributed by atoms with Crippen LogP contribution in [0.5, 0.6) is 5.88 Å². The monoisotopic (exact) mass is 512 g/mol. The summed E-state index contributed by atoms with van der Waals surface area (Å²) in [5, 5.41) is 11.6. The Hall–Kier alpha value is -3.59. The standard InChI is InChI=1S/C24H19BrF2N4O2/c1-29-12-16-10-14(2-8-20(16)28)19-11-15-3-9-22(33-13-21(26)27)30-23(15)31(24(19)32)18-6-4-17(25)5-7-18/h2-12,21,28-29H,13H2,1H3/b16-12-,28-20?. The first-order valence-electron chi connectivity index (χ1n) is 9.97. The predicted octanol–water partition coefficient (Wildman–Crippen LogP) is 4.87. The Morgan fingerprint density at radius 1 is 1.21 bits per heavy atom. The van der Waals surface area contributed by atoms with E-state index in [0.717, 1.165) is 4.47 Å². The van der Waals surface area contributed by atoms with Gasteiger partial charge in [0.1, 0.15) is 0 Å². The highest BCUT2D eigenvalue weighted by Gasteiger charge is 2.18. The van der Waals surface area contributed by atoms with Crippen LogP contribution in [0.15, 0.2) is 81.7 Å². The molecule has 33 heavy (non-hydrogen) atoms. The third kappa shape index (κ3) is 4.78. The van der Waals surface area contributed by atoms with Gasteiger partial charge in [-0.3, -0.25) is 9.36 Å². The Morgan fingerprint density at radius 2 is 1.97 bits per heavy atom. The SMILES string of the molecule is CN/C=C1/C=C(c2cc3ccc(OCC(F)F)nc3n(-c3ccc(Br)cc3)c2=O)C=CC1=N. The molecule has 0 spiro atoms. The fourth-order valence-electron chi connectivity index (χ4n) is 3.44. The van der Waals surface area contributed by atoms with Crippen molar-refractivity contribution in [2.24, 2.45) is 0 Å². The Labute approximate surface area is 196 Å². The van der Waals surface area contributed by atoms with Crippen LogP contribution in [0.1, 0.15) is 5.56 Å². The van der Waals surface area contributed by atoms with Crippen molar-refractivity contribution in [3.63, 3.8) is 0 Å². The first-order chi connectivity index (χ1) is 15.9. The highest BCUT2D eigenvalue weighted by Crippen LogP contribution is 2.26. The molecule has 4 rings (SSSR count). The predicted molar refractivity (Wildman–Crippen MR) is 129 cm³/mol. The number of alkyl halides is 2. The molecule has 0 saturated heterocycles. The van der Waals surface area contributed by atoms with E-state index in [4.69, 9.17) is 10.1 Å². The van der Waals surface area contributed by atoms with Gasteiger partial charge >= 0.3 is 0 Å². The van der Waals surface area contributed by atoms with Crippen molar-refractivity contribution < 1.29 is 13.5 Å². The number of nitrogens with one attached hydrogen (secondary N) is 2. The topological polar surface area (TPSA) is 80.0 Å². The van der Waals surface area contributed by atoms with Crippen LogP contribution < -0.4 is 15.6 Å². The Balaban J connectivity index is 1.95. The lowest BCUT2D eigenvalue weighted by Gasteiger charge is -2.16. The van der Waals surface area contributed by atoms with Crippen LogP contribution in [0.4, 0.5) is 8.78 Å². The van der Waals surface area contributed by atoms with E-state index in [-0.39, 0.29) is 17.1 Å². The zero-order chi connectivity index (χ0) is 23.5. The Kier molecular flexibility index (Phi) is 6.50. The lowest BCUT2D eigenvalue weighted by Crippen LogP contribution is -2.23. The average molecular weight is 513 g/mol. The number of allylic oxidation sites excluding steroid dienone is 5. The number of ether oxygens (including phenoxy) is 1. The molecule has 168 valence electrons. The number of rotatable bonds is 6. The third-order valence-corrected chi connectivity index (χ3v) is 5.46. The lowest BCUT2D eigenvalue weighted by molar-refractivity contribution is 0.0797. The van der Waals surface area contributed by atoms with Crippen molar-refractivity contribution in [2.75, 3.05) is 13.7 Å². The molecule has 6 nitrogen and oxygen atoms in total. The summed E-state index contributed by atoms with van der Waals surface area (Å²) in [6.07, 6.45) is 4.17. The fourth-order valence-corrected chi connectivity index (χ4v) is 3.70. The van der Waals surface area contributed by atoms with Crippen molar-refractivity contribution in [1.82, 2.24) is 14.9 Å². The zero-order valence-corrected chi connectivity index (χ0v) is 19.1. The first-order valence-corrected chi connectivity index (χ1v) is 10.8. The van der Waals surface area contributed by atoms with Crippen LogP contribution in [-0.4, -0.2) is 35.3 Å². The molecule has 2 heterocycles. The number of nitrogens with zero attached hydrogens (tertiary/aromatic N) is 2. The summed E-state index contributed by atoms with van der Waals surface area (Å²) >= 11 is 3.39. The maximum atomic E-state index is 13.7. The maximum absolute atomic E-state index is 13.7. The summed E-state index contributed by atoms with van der Waals surface area (Å²) in [5.41, 5.74) is 2.53. The number of fused-ring (bicyclic) bond motifs is 1. The molecule has 0 bridgehead atoms. The Bertz CT molecular complexity index is 1380. The minimum atomic E-state index is -2.64. The summed E-state index contributed by atoms with van der Waals surface area (Å²) in [6, 6.07) is 12.0. The highest BCUT2D eigenvalue weighted by molar-refractivity contribution is 9.10. The van der Waals surface area contributed by atoms with E-state index in [9.17, 15) is 13.6 Å². The van der Waals surface area contributed by atoms with Gasteiger partial charge in [0, 0.05) is 40.3 Å². The fraction of sp³-hybridized carbons (Fsp3) is 0.125. The van der Waals surface area contributed by atoms with Gasteiger partial charge in [0.25, 0.3) is 12.0 Å². The number of hydrogen-bond donors (Lipinski definition) is 2. The quantitative estimate of drug-likeness (QED) is 0.493. The lowest BCUT2D eigenvalue weighted by atomic mass is 9.95. The molecule has 1 aliphatic rings. The van der Waals surface area contributed by atoms with E-state index in [2.05, 4.69) is 26.2 Å². The normalized spacial score (nSPS) is 14.8. The molecule has 0 radical (unpaired) electrons. The van der Waals surface area contributed by atoms with Gasteiger partial charge in [0.05, 0.1) is 11.4 Å². The highest BCUT2D eigenvalue weighted by atomic mass is 79.9. The van der Waals surface area contributed by atoms with Gasteiger partial charge in [0.15, 0.2) is 12.3 Å². The summed E-state index contributed by atoms with van der Waals surface area (Å²) in [6.45, 7) is -0.788. The number of pyridine rings is 2. The minimum Gasteiger partial charge on any atom is -0.472 e. The van der Waals surface area contributed by atoms with E-state index >= 15 is 0 Å². The molecule has 2 aromatic heterocycles. The molecule has 0 unspecified atom stereocenters. The number of benzene rings is 1. The van der Waals surface area contributed by atoms with Crippen LogP contribution in [-0.2, 0) is 0 Å². The molecular formula is C24H19BrF2N4O2. The van der Waals surface area contributed by atoms with Crippen LogP contribution >= 0.6 is 15.9 Å². The average Bonchev–Trinajstić information content (AvgIpc) is 2.80. The molecule has 2 N–H and O–H groups in total.